The first-order valence-corrected chi connectivity index (χ1v) is 19.5. The van der Waals surface area contributed by atoms with Crippen LogP contribution in [0.2, 0.25) is 0 Å². The van der Waals surface area contributed by atoms with E-state index in [9.17, 15) is 14.4 Å². The van der Waals surface area contributed by atoms with Crippen molar-refractivity contribution in [3.63, 3.8) is 0 Å². The fraction of sp³-hybridized carbons (Fsp3) is 0.925. The van der Waals surface area contributed by atoms with E-state index < -0.39 is 18.3 Å². The molecule has 0 heterocycles. The summed E-state index contributed by atoms with van der Waals surface area (Å²) < 4.78 is 10.5. The summed E-state index contributed by atoms with van der Waals surface area (Å²) >= 11 is 0. The minimum atomic E-state index is -0.961. The van der Waals surface area contributed by atoms with E-state index in [0.29, 0.717) is 5.41 Å². The Labute approximate surface area is 299 Å². The number of carbonyl (C=O) groups excluding carboxylic acids is 3. The molecule has 0 aromatic heterocycles. The lowest BCUT2D eigenvalue weighted by molar-refractivity contribution is -0.243. The molecule has 0 amide bonds. The largest absolute Gasteiger partial charge is 0.550 e. The van der Waals surface area contributed by atoms with Crippen LogP contribution in [0.1, 0.15) is 191 Å². The zero-order valence-corrected chi connectivity index (χ0v) is 33.0. The second-order valence-corrected chi connectivity index (χ2v) is 18.0. The molecule has 0 aliphatic heterocycles. The fourth-order valence-electron chi connectivity index (χ4n) is 7.83. The van der Waals surface area contributed by atoms with E-state index in [-0.39, 0.29) is 29.0 Å². The summed E-state index contributed by atoms with van der Waals surface area (Å²) in [6.07, 6.45) is 17.8. The maximum Gasteiger partial charge on any atom is 0.550 e. The summed E-state index contributed by atoms with van der Waals surface area (Å²) in [4.78, 5) is 48.4. The van der Waals surface area contributed by atoms with Crippen molar-refractivity contribution >= 4 is 18.3 Å². The van der Waals surface area contributed by atoms with Gasteiger partial charge in [-0.25, -0.2) is 4.79 Å². The summed E-state index contributed by atoms with van der Waals surface area (Å²) in [6, 6.07) is 0. The minimum absolute atomic E-state index is 0.142. The predicted molar refractivity (Wildman–Crippen MR) is 194 cm³/mol. The van der Waals surface area contributed by atoms with Gasteiger partial charge in [0.2, 0.25) is 0 Å². The fourth-order valence-corrected chi connectivity index (χ4v) is 7.83. The molecule has 0 spiro atoms. The van der Waals surface area contributed by atoms with Crippen molar-refractivity contribution in [1.29, 1.82) is 0 Å². The van der Waals surface area contributed by atoms with E-state index in [1.54, 1.807) is 0 Å². The summed E-state index contributed by atoms with van der Waals surface area (Å²) in [6.45, 7) is 21.8. The van der Waals surface area contributed by atoms with Crippen LogP contribution in [0.5, 0.6) is 0 Å². The first kappa shape index (κ1) is 45.0. The van der Waals surface area contributed by atoms with Gasteiger partial charge in [0.05, 0.1) is 5.92 Å². The third-order valence-corrected chi connectivity index (χ3v) is 10.2. The second-order valence-electron chi connectivity index (χ2n) is 18.0. The summed E-state index contributed by atoms with van der Waals surface area (Å²) in [5.41, 5.74) is 0.288. The smallest absolute Gasteiger partial charge is 0.428 e. The van der Waals surface area contributed by atoms with E-state index in [4.69, 9.17) is 14.7 Å². The van der Waals surface area contributed by atoms with Crippen molar-refractivity contribution in [3.8, 4) is 0 Å². The van der Waals surface area contributed by atoms with Gasteiger partial charge < -0.3 is 14.4 Å². The Morgan fingerprint density at radius 2 is 1.06 bits per heavy atom. The molecule has 0 aromatic carbocycles. The predicted octanol–water partition coefficient (Wildman–Crippen LogP) is 12.4. The van der Waals surface area contributed by atoms with Crippen LogP contribution >= 0.6 is 0 Å². The molecule has 2 saturated carbocycles. The van der Waals surface area contributed by atoms with Gasteiger partial charge in [0.15, 0.2) is 0 Å². The van der Waals surface area contributed by atoms with E-state index >= 15 is 0 Å². The van der Waals surface area contributed by atoms with Crippen LogP contribution < -0.4 is 0 Å². The molecule has 0 radical (unpaired) electrons. The summed E-state index contributed by atoms with van der Waals surface area (Å²) in [7, 11) is 0. The van der Waals surface area contributed by atoms with Gasteiger partial charge in [-0.1, -0.05) is 121 Å². The molecule has 2 aliphatic rings. The normalized spacial score (nSPS) is 22.2. The molecule has 2 aliphatic carbocycles. The zero-order valence-electron chi connectivity index (χ0n) is 33.0. The highest BCUT2D eigenvalue weighted by Gasteiger charge is 2.39. The maximum atomic E-state index is 12.0. The van der Waals surface area contributed by atoms with Crippen LogP contribution in [0, 0.1) is 34.0 Å². The molecule has 1 atom stereocenters. The Morgan fingerprint density at radius 3 is 1.41 bits per heavy atom. The highest BCUT2D eigenvalue weighted by atomic mass is 17.3. The molecule has 1 unspecified atom stereocenters. The first-order chi connectivity index (χ1) is 22.9. The van der Waals surface area contributed by atoms with Gasteiger partial charge in [0.1, 0.15) is 12.2 Å². The van der Waals surface area contributed by atoms with Gasteiger partial charge in [-0.3, -0.25) is 0 Å². The number of hydrogen-bond donors (Lipinski definition) is 1. The molecule has 49 heavy (non-hydrogen) atoms. The monoisotopic (exact) mass is 699 g/mol. The number of rotatable bonds is 15. The van der Waals surface area contributed by atoms with Gasteiger partial charge in [-0.2, -0.15) is 24.6 Å². The van der Waals surface area contributed by atoms with Crippen LogP contribution in [0.15, 0.2) is 0 Å². The maximum absolute atomic E-state index is 12.0. The number of carbonyl (C=O) groups is 3. The second kappa shape index (κ2) is 22.7. The van der Waals surface area contributed by atoms with Gasteiger partial charge in [0, 0.05) is 0 Å². The van der Waals surface area contributed by atoms with Gasteiger partial charge in [-0.15, -0.1) is 0 Å². The average molecular weight is 699 g/mol. The van der Waals surface area contributed by atoms with E-state index in [0.717, 1.165) is 95.3 Å². The molecule has 0 aromatic rings. The van der Waals surface area contributed by atoms with E-state index in [1.807, 2.05) is 0 Å². The van der Waals surface area contributed by atoms with Crippen LogP contribution in [0.4, 0.5) is 9.59 Å². The number of hydrogen-bond acceptors (Lipinski definition) is 9. The van der Waals surface area contributed by atoms with Gasteiger partial charge in [-0.05, 0) is 98.7 Å². The third kappa shape index (κ3) is 21.1. The summed E-state index contributed by atoms with van der Waals surface area (Å²) in [5.74, 6) is 0.736. The van der Waals surface area contributed by atoms with Crippen molar-refractivity contribution < 1.29 is 43.8 Å². The standard InChI is InChI=1S/C22H38O6.C18H36O3/c1-3-5-7-17-9-13-19(14-10-17)25-21(23)27-28-22(24)26-20-15-11-18(12-16-20)8-6-4-2;1-16(2,3)12-10-9-11-14(15(19)21-20)18(7,8)13-17(4,5)6/h17-20H,3-16H2,1-2H3;14,20H,9-13H2,1-8H3. The number of unbranched alkanes of at least 4 members (excludes halogenated alkanes) is 3. The zero-order chi connectivity index (χ0) is 37.1. The van der Waals surface area contributed by atoms with Gasteiger partial charge in [0.25, 0.3) is 0 Å². The lowest BCUT2D eigenvalue weighted by Gasteiger charge is -2.37. The van der Waals surface area contributed by atoms with Gasteiger partial charge >= 0.3 is 18.3 Å². The van der Waals surface area contributed by atoms with E-state index in [2.05, 4.69) is 83.9 Å². The van der Waals surface area contributed by atoms with E-state index in [1.165, 1.54) is 38.5 Å². The van der Waals surface area contributed by atoms with Crippen molar-refractivity contribution in [2.75, 3.05) is 0 Å². The SMILES string of the molecule is CC(C)(C)CCCCC(C(=O)OO)C(C)(C)CC(C)(C)C.CCCCC1CCC(OC(=O)OOC(=O)OC2CCC(CCCC)CC2)CC1. The van der Waals surface area contributed by atoms with Crippen molar-refractivity contribution in [1.82, 2.24) is 0 Å². The Hall–Kier alpha value is -2.03. The first-order valence-electron chi connectivity index (χ1n) is 19.5. The number of ether oxygens (including phenoxy) is 2. The Balaban J connectivity index is 0.000000513. The lowest BCUT2D eigenvalue weighted by Crippen LogP contribution is -2.35. The highest BCUT2D eigenvalue weighted by Crippen LogP contribution is 2.42. The molecule has 9 nitrogen and oxygen atoms in total. The van der Waals surface area contributed by atoms with Crippen LogP contribution in [-0.2, 0) is 28.9 Å². The molecule has 2 fully saturated rings. The quantitative estimate of drug-likeness (QED) is 0.0586. The topological polar surface area (TPSA) is 118 Å². The molecular weight excluding hydrogens is 624 g/mol. The van der Waals surface area contributed by atoms with Crippen LogP contribution in [-0.4, -0.2) is 35.7 Å². The lowest BCUT2D eigenvalue weighted by atomic mass is 9.67. The Morgan fingerprint density at radius 1 is 0.633 bits per heavy atom. The molecule has 288 valence electrons. The Bertz CT molecular complexity index is 875. The molecule has 1 N–H and O–H groups in total. The van der Waals surface area contributed by atoms with Crippen molar-refractivity contribution in [2.24, 2.45) is 34.0 Å². The average Bonchev–Trinajstić information content (AvgIpc) is 3.01. The highest BCUT2D eigenvalue weighted by molar-refractivity contribution is 5.72. The summed E-state index contributed by atoms with van der Waals surface area (Å²) in [5, 5.41) is 8.80. The van der Waals surface area contributed by atoms with Crippen molar-refractivity contribution in [3.05, 3.63) is 0 Å². The minimum Gasteiger partial charge on any atom is -0.428 e. The Kier molecular flexibility index (Phi) is 20.9. The van der Waals surface area contributed by atoms with Crippen LogP contribution in [0.3, 0.4) is 0 Å². The molecule has 0 bridgehead atoms. The molecule has 2 rings (SSSR count). The van der Waals surface area contributed by atoms with Crippen LogP contribution in [0.25, 0.3) is 0 Å². The molecule has 0 saturated heterocycles. The third-order valence-electron chi connectivity index (χ3n) is 10.2. The molecule has 9 heteroatoms. The molecular formula is C40H74O9. The van der Waals surface area contributed by atoms with Crippen molar-refractivity contribution in [2.45, 2.75) is 203 Å².